The van der Waals surface area contributed by atoms with E-state index in [2.05, 4.69) is 0 Å². The van der Waals surface area contributed by atoms with Crippen LogP contribution < -0.4 is 4.74 Å². The maximum Gasteiger partial charge on any atom is 0.198 e. The number of benzene rings is 2. The number of carbonyl (C=O) groups excluding carboxylic acids is 1. The zero-order valence-electron chi connectivity index (χ0n) is 9.91. The third-order valence-electron chi connectivity index (χ3n) is 2.46. The summed E-state index contributed by atoms with van der Waals surface area (Å²) in [5.74, 6) is -2.35. The lowest BCUT2D eigenvalue weighted by Gasteiger charge is -2.10. The van der Waals surface area contributed by atoms with Gasteiger partial charge in [0.05, 0.1) is 5.02 Å². The molecular formula is C14H9ClF2O2. The largest absolute Gasteiger partial charge is 0.450 e. The predicted octanol–water partition coefficient (Wildman–Crippen LogP) is 4.53. The van der Waals surface area contributed by atoms with Crippen molar-refractivity contribution in [2.24, 2.45) is 0 Å². The number of aldehydes is 1. The summed E-state index contributed by atoms with van der Waals surface area (Å²) in [6.45, 7) is 1.80. The summed E-state index contributed by atoms with van der Waals surface area (Å²) in [7, 11) is 0. The van der Waals surface area contributed by atoms with Crippen molar-refractivity contribution in [1.82, 2.24) is 0 Å². The van der Waals surface area contributed by atoms with Gasteiger partial charge >= 0.3 is 0 Å². The minimum absolute atomic E-state index is 0.0994. The van der Waals surface area contributed by atoms with Gasteiger partial charge in [-0.25, -0.2) is 8.78 Å². The molecule has 98 valence electrons. The molecule has 0 amide bonds. The second-order valence-corrected chi connectivity index (χ2v) is 4.37. The highest BCUT2D eigenvalue weighted by Crippen LogP contribution is 2.33. The van der Waals surface area contributed by atoms with Crippen molar-refractivity contribution in [3.63, 3.8) is 0 Å². The topological polar surface area (TPSA) is 26.3 Å². The van der Waals surface area contributed by atoms with Crippen molar-refractivity contribution in [2.45, 2.75) is 6.92 Å². The molecule has 0 saturated heterocycles. The summed E-state index contributed by atoms with van der Waals surface area (Å²) in [5.41, 5.74) is 0.738. The van der Waals surface area contributed by atoms with E-state index in [4.69, 9.17) is 16.3 Å². The number of carbonyl (C=O) groups is 1. The van der Waals surface area contributed by atoms with E-state index in [1.54, 1.807) is 25.1 Å². The number of ether oxygens (including phenoxy) is 1. The Balaban J connectivity index is 2.43. The first kappa shape index (κ1) is 13.5. The van der Waals surface area contributed by atoms with Crippen LogP contribution in [-0.2, 0) is 0 Å². The van der Waals surface area contributed by atoms with Crippen molar-refractivity contribution >= 4 is 17.9 Å². The van der Waals surface area contributed by atoms with Crippen molar-refractivity contribution in [3.05, 3.63) is 58.1 Å². The molecule has 0 heterocycles. The molecule has 0 fully saturated rings. The molecule has 19 heavy (non-hydrogen) atoms. The average Bonchev–Trinajstić information content (AvgIpc) is 2.37. The van der Waals surface area contributed by atoms with E-state index in [-0.39, 0.29) is 16.3 Å². The smallest absolute Gasteiger partial charge is 0.198 e. The van der Waals surface area contributed by atoms with E-state index in [0.29, 0.717) is 6.29 Å². The van der Waals surface area contributed by atoms with E-state index in [1.807, 2.05) is 0 Å². The Bertz CT molecular complexity index is 618. The highest BCUT2D eigenvalue weighted by atomic mass is 35.5. The Hall–Kier alpha value is -1.94. The van der Waals surface area contributed by atoms with Crippen LogP contribution in [0.5, 0.6) is 11.5 Å². The van der Waals surface area contributed by atoms with Crippen LogP contribution in [0.2, 0.25) is 5.02 Å². The van der Waals surface area contributed by atoms with Crippen molar-refractivity contribution in [3.8, 4) is 11.5 Å². The number of hydrogen-bond donors (Lipinski definition) is 0. The molecule has 0 aromatic heterocycles. The molecule has 0 N–H and O–H groups in total. The minimum Gasteiger partial charge on any atom is -0.450 e. The van der Waals surface area contributed by atoms with Gasteiger partial charge in [0.2, 0.25) is 0 Å². The number of halogens is 3. The van der Waals surface area contributed by atoms with Crippen LogP contribution in [0, 0.1) is 18.6 Å². The third-order valence-corrected chi connectivity index (χ3v) is 2.77. The minimum atomic E-state index is -0.959. The van der Waals surface area contributed by atoms with Crippen LogP contribution in [-0.4, -0.2) is 6.29 Å². The summed E-state index contributed by atoms with van der Waals surface area (Å²) in [6, 6.07) is 6.68. The van der Waals surface area contributed by atoms with Gasteiger partial charge in [0.25, 0.3) is 0 Å². The molecule has 0 saturated carbocycles. The van der Waals surface area contributed by atoms with Crippen molar-refractivity contribution < 1.29 is 18.3 Å². The Morgan fingerprint density at radius 2 is 1.79 bits per heavy atom. The molecule has 2 rings (SSSR count). The van der Waals surface area contributed by atoms with Gasteiger partial charge in [0.1, 0.15) is 12.0 Å². The fourth-order valence-corrected chi connectivity index (χ4v) is 1.70. The molecule has 0 aliphatic rings. The number of hydrogen-bond acceptors (Lipinski definition) is 2. The predicted molar refractivity (Wildman–Crippen MR) is 68.0 cm³/mol. The average molecular weight is 283 g/mol. The molecule has 0 unspecified atom stereocenters. The summed E-state index contributed by atoms with van der Waals surface area (Å²) in [6.07, 6.45) is 0.357. The van der Waals surface area contributed by atoms with Crippen molar-refractivity contribution in [1.29, 1.82) is 0 Å². The van der Waals surface area contributed by atoms with Gasteiger partial charge in [0.15, 0.2) is 17.4 Å². The van der Waals surface area contributed by atoms with E-state index < -0.39 is 17.4 Å². The highest BCUT2D eigenvalue weighted by Gasteiger charge is 2.15. The monoisotopic (exact) mass is 282 g/mol. The molecule has 2 aromatic rings. The third kappa shape index (κ3) is 2.90. The van der Waals surface area contributed by atoms with Gasteiger partial charge in [-0.1, -0.05) is 17.7 Å². The molecule has 0 spiro atoms. The summed E-state index contributed by atoms with van der Waals surface area (Å²) < 4.78 is 32.5. The molecule has 0 atom stereocenters. The SMILES string of the molecule is Cc1ccc(Cl)c(Oc2c(F)cc(C=O)cc2F)c1. The van der Waals surface area contributed by atoms with Gasteiger partial charge in [-0.05, 0) is 36.8 Å². The Kier molecular flexibility index (Phi) is 3.81. The summed E-state index contributed by atoms with van der Waals surface area (Å²) in [5, 5.41) is 0.240. The summed E-state index contributed by atoms with van der Waals surface area (Å²) >= 11 is 5.88. The molecule has 0 aliphatic heterocycles. The van der Waals surface area contributed by atoms with Crippen LogP contribution in [0.15, 0.2) is 30.3 Å². The molecular weight excluding hydrogens is 274 g/mol. The fourth-order valence-electron chi connectivity index (χ4n) is 1.54. The normalized spacial score (nSPS) is 10.3. The van der Waals surface area contributed by atoms with Crippen LogP contribution in [0.25, 0.3) is 0 Å². The summed E-state index contributed by atoms with van der Waals surface area (Å²) in [4.78, 5) is 10.5. The molecule has 0 radical (unpaired) electrons. The second kappa shape index (κ2) is 5.36. The van der Waals surface area contributed by atoms with E-state index in [0.717, 1.165) is 17.7 Å². The maximum absolute atomic E-state index is 13.6. The van der Waals surface area contributed by atoms with E-state index in [9.17, 15) is 13.6 Å². The number of aryl methyl sites for hydroxylation is 1. The molecule has 5 heteroatoms. The van der Waals surface area contributed by atoms with Crippen molar-refractivity contribution in [2.75, 3.05) is 0 Å². The first-order chi connectivity index (χ1) is 9.01. The van der Waals surface area contributed by atoms with Gasteiger partial charge < -0.3 is 4.74 Å². The molecule has 0 bridgehead atoms. The highest BCUT2D eigenvalue weighted by molar-refractivity contribution is 6.32. The Morgan fingerprint density at radius 3 is 2.37 bits per heavy atom. The second-order valence-electron chi connectivity index (χ2n) is 3.97. The lowest BCUT2D eigenvalue weighted by atomic mass is 10.2. The van der Waals surface area contributed by atoms with E-state index >= 15 is 0 Å². The zero-order chi connectivity index (χ0) is 14.0. The quantitative estimate of drug-likeness (QED) is 0.773. The van der Waals surface area contributed by atoms with Gasteiger partial charge in [-0.3, -0.25) is 4.79 Å². The van der Waals surface area contributed by atoms with E-state index in [1.165, 1.54) is 0 Å². The lowest BCUT2D eigenvalue weighted by Crippen LogP contribution is -1.96. The van der Waals surface area contributed by atoms with Crippen LogP contribution in [0.1, 0.15) is 15.9 Å². The first-order valence-corrected chi connectivity index (χ1v) is 5.77. The molecule has 0 aliphatic carbocycles. The van der Waals surface area contributed by atoms with Gasteiger partial charge in [-0.15, -0.1) is 0 Å². The van der Waals surface area contributed by atoms with Crippen LogP contribution in [0.3, 0.4) is 0 Å². The van der Waals surface area contributed by atoms with Crippen LogP contribution >= 0.6 is 11.6 Å². The lowest BCUT2D eigenvalue weighted by molar-refractivity contribution is 0.112. The Labute approximate surface area is 113 Å². The van der Waals surface area contributed by atoms with Gasteiger partial charge in [-0.2, -0.15) is 0 Å². The number of rotatable bonds is 3. The molecule has 2 aromatic carbocycles. The molecule has 2 nitrogen and oxygen atoms in total. The van der Waals surface area contributed by atoms with Crippen LogP contribution in [0.4, 0.5) is 8.78 Å². The zero-order valence-corrected chi connectivity index (χ0v) is 10.7. The fraction of sp³-hybridized carbons (Fsp3) is 0.0714. The first-order valence-electron chi connectivity index (χ1n) is 5.39. The van der Waals surface area contributed by atoms with Gasteiger partial charge in [0, 0.05) is 5.56 Å². The Morgan fingerprint density at radius 1 is 1.16 bits per heavy atom. The maximum atomic E-state index is 13.6. The standard InChI is InChI=1S/C14H9ClF2O2/c1-8-2-3-10(15)13(4-8)19-14-11(16)5-9(7-18)6-12(14)17/h2-7H,1H3.